The summed E-state index contributed by atoms with van der Waals surface area (Å²) in [4.78, 5) is 32.9. The fourth-order valence-electron chi connectivity index (χ4n) is 1.21. The number of carboxylic acids is 1. The van der Waals surface area contributed by atoms with Crippen LogP contribution in [0.5, 0.6) is 0 Å². The number of imide groups is 1. The predicted octanol–water partition coefficient (Wildman–Crippen LogP) is 0.969. The number of amides is 3. The zero-order valence-electron chi connectivity index (χ0n) is 10.4. The zero-order chi connectivity index (χ0) is 13.4. The molecule has 0 aromatic carbocycles. The number of urea groups is 1. The maximum atomic E-state index is 11.3. The highest BCUT2D eigenvalue weighted by atomic mass is 16.4. The van der Waals surface area contributed by atoms with E-state index >= 15 is 0 Å². The van der Waals surface area contributed by atoms with Gasteiger partial charge in [0.05, 0.1) is 0 Å². The molecule has 1 unspecified atom stereocenters. The van der Waals surface area contributed by atoms with Gasteiger partial charge in [-0.05, 0) is 11.8 Å². The molecule has 0 saturated heterocycles. The van der Waals surface area contributed by atoms with Gasteiger partial charge in [-0.1, -0.05) is 20.8 Å². The molecule has 6 nitrogen and oxygen atoms in total. The largest absolute Gasteiger partial charge is 0.481 e. The van der Waals surface area contributed by atoms with Gasteiger partial charge in [0, 0.05) is 19.4 Å². The van der Waals surface area contributed by atoms with Crippen LogP contribution in [0.4, 0.5) is 4.79 Å². The second-order valence-corrected chi connectivity index (χ2v) is 4.56. The van der Waals surface area contributed by atoms with E-state index in [1.165, 1.54) is 0 Å². The molecule has 0 saturated carbocycles. The Balaban J connectivity index is 3.85. The van der Waals surface area contributed by atoms with Gasteiger partial charge < -0.3 is 10.4 Å². The Labute approximate surface area is 101 Å². The van der Waals surface area contributed by atoms with E-state index in [-0.39, 0.29) is 18.8 Å². The lowest BCUT2D eigenvalue weighted by atomic mass is 10.0. The van der Waals surface area contributed by atoms with E-state index in [1.54, 1.807) is 6.92 Å². The van der Waals surface area contributed by atoms with Crippen molar-refractivity contribution in [1.29, 1.82) is 0 Å². The molecule has 0 heterocycles. The molecule has 98 valence electrons. The van der Waals surface area contributed by atoms with Crippen LogP contribution in [0.2, 0.25) is 0 Å². The van der Waals surface area contributed by atoms with Gasteiger partial charge in [0.2, 0.25) is 5.91 Å². The predicted molar refractivity (Wildman–Crippen MR) is 62.4 cm³/mol. The molecule has 0 radical (unpaired) electrons. The fraction of sp³-hybridized carbons (Fsp3) is 0.727. The third-order valence-corrected chi connectivity index (χ3v) is 1.98. The van der Waals surface area contributed by atoms with Crippen molar-refractivity contribution in [2.45, 2.75) is 33.6 Å². The van der Waals surface area contributed by atoms with Gasteiger partial charge in [-0.25, -0.2) is 4.79 Å². The Morgan fingerprint density at radius 2 is 1.71 bits per heavy atom. The van der Waals surface area contributed by atoms with Gasteiger partial charge in [-0.2, -0.15) is 0 Å². The van der Waals surface area contributed by atoms with Gasteiger partial charge in [-0.3, -0.25) is 14.9 Å². The van der Waals surface area contributed by atoms with Crippen LogP contribution in [0.15, 0.2) is 0 Å². The topological polar surface area (TPSA) is 95.5 Å². The van der Waals surface area contributed by atoms with Crippen LogP contribution >= 0.6 is 0 Å². The van der Waals surface area contributed by atoms with Crippen molar-refractivity contribution in [3.63, 3.8) is 0 Å². The van der Waals surface area contributed by atoms with E-state index in [1.807, 2.05) is 13.8 Å². The van der Waals surface area contributed by atoms with Crippen LogP contribution in [0, 0.1) is 11.8 Å². The molecule has 0 aromatic rings. The van der Waals surface area contributed by atoms with E-state index in [2.05, 4.69) is 10.6 Å². The number of carboxylic acid groups (broad SMARTS) is 1. The third-order valence-electron chi connectivity index (χ3n) is 1.98. The van der Waals surface area contributed by atoms with Crippen molar-refractivity contribution < 1.29 is 19.5 Å². The first-order valence-corrected chi connectivity index (χ1v) is 5.60. The number of rotatable bonds is 6. The minimum atomic E-state index is -0.949. The standard InChI is InChI=1S/C11H20N2O4/c1-7(2)6-12-11(17)13-9(14)4-8(3)5-10(15)16/h7-8H,4-6H2,1-3H3,(H,15,16)(H2,12,13,14,17). The molecule has 3 amide bonds. The Morgan fingerprint density at radius 1 is 1.12 bits per heavy atom. The summed E-state index contributed by atoms with van der Waals surface area (Å²) in [5.74, 6) is -1.39. The molecule has 0 aromatic heterocycles. The van der Waals surface area contributed by atoms with Crippen molar-refractivity contribution in [3.8, 4) is 0 Å². The average molecular weight is 244 g/mol. The smallest absolute Gasteiger partial charge is 0.321 e. The van der Waals surface area contributed by atoms with Gasteiger partial charge in [0.25, 0.3) is 0 Å². The number of nitrogens with one attached hydrogen (secondary N) is 2. The van der Waals surface area contributed by atoms with Crippen LogP contribution in [-0.4, -0.2) is 29.6 Å². The second kappa shape index (κ2) is 7.65. The van der Waals surface area contributed by atoms with Gasteiger partial charge in [0.15, 0.2) is 0 Å². The molecule has 0 rings (SSSR count). The van der Waals surface area contributed by atoms with E-state index < -0.39 is 17.9 Å². The summed E-state index contributed by atoms with van der Waals surface area (Å²) in [6.07, 6.45) is -0.0531. The van der Waals surface area contributed by atoms with Gasteiger partial charge in [-0.15, -0.1) is 0 Å². The highest BCUT2D eigenvalue weighted by Gasteiger charge is 2.14. The van der Waals surface area contributed by atoms with Gasteiger partial charge >= 0.3 is 12.0 Å². The van der Waals surface area contributed by atoms with Crippen molar-refractivity contribution >= 4 is 17.9 Å². The van der Waals surface area contributed by atoms with Crippen LogP contribution in [0.25, 0.3) is 0 Å². The van der Waals surface area contributed by atoms with Gasteiger partial charge in [0.1, 0.15) is 0 Å². The molecule has 1 atom stereocenters. The molecule has 0 fully saturated rings. The summed E-state index contributed by atoms with van der Waals surface area (Å²) >= 11 is 0. The van der Waals surface area contributed by atoms with E-state index in [9.17, 15) is 14.4 Å². The molecule has 0 aliphatic rings. The molecule has 0 aliphatic heterocycles. The first-order chi connectivity index (χ1) is 7.81. The fourth-order valence-corrected chi connectivity index (χ4v) is 1.21. The molecule has 3 N–H and O–H groups in total. The molecular formula is C11H20N2O4. The highest BCUT2D eigenvalue weighted by Crippen LogP contribution is 2.06. The Kier molecular flexibility index (Phi) is 6.93. The normalized spacial score (nSPS) is 12.0. The Hall–Kier alpha value is -1.59. The first kappa shape index (κ1) is 15.4. The summed E-state index contributed by atoms with van der Waals surface area (Å²) in [5, 5.41) is 13.2. The van der Waals surface area contributed by atoms with E-state index in [0.29, 0.717) is 12.5 Å². The van der Waals surface area contributed by atoms with Crippen molar-refractivity contribution in [1.82, 2.24) is 10.6 Å². The number of carbonyl (C=O) groups is 3. The van der Waals surface area contributed by atoms with Crippen LogP contribution in [-0.2, 0) is 9.59 Å². The lowest BCUT2D eigenvalue weighted by molar-refractivity contribution is -0.138. The monoisotopic (exact) mass is 244 g/mol. The van der Waals surface area contributed by atoms with E-state index in [4.69, 9.17) is 5.11 Å². The Morgan fingerprint density at radius 3 is 2.18 bits per heavy atom. The second-order valence-electron chi connectivity index (χ2n) is 4.56. The van der Waals surface area contributed by atoms with Crippen LogP contribution in [0.1, 0.15) is 33.6 Å². The highest BCUT2D eigenvalue weighted by molar-refractivity contribution is 5.94. The summed E-state index contributed by atoms with van der Waals surface area (Å²) in [7, 11) is 0. The van der Waals surface area contributed by atoms with Crippen LogP contribution in [0.3, 0.4) is 0 Å². The quantitative estimate of drug-likeness (QED) is 0.648. The SMILES string of the molecule is CC(C)CNC(=O)NC(=O)CC(C)CC(=O)O. The number of aliphatic carboxylic acids is 1. The van der Waals surface area contributed by atoms with E-state index in [0.717, 1.165) is 0 Å². The summed E-state index contributed by atoms with van der Waals surface area (Å²) in [6.45, 7) is 6.03. The summed E-state index contributed by atoms with van der Waals surface area (Å²) < 4.78 is 0. The number of hydrogen-bond donors (Lipinski definition) is 3. The average Bonchev–Trinajstić information content (AvgIpc) is 2.12. The summed E-state index contributed by atoms with van der Waals surface area (Å²) in [5.41, 5.74) is 0. The summed E-state index contributed by atoms with van der Waals surface area (Å²) in [6, 6.07) is -0.536. The number of hydrogen-bond acceptors (Lipinski definition) is 3. The maximum Gasteiger partial charge on any atom is 0.321 e. The van der Waals surface area contributed by atoms with Crippen LogP contribution < -0.4 is 10.6 Å². The lowest BCUT2D eigenvalue weighted by Crippen LogP contribution is -2.41. The van der Waals surface area contributed by atoms with Crippen molar-refractivity contribution in [3.05, 3.63) is 0 Å². The van der Waals surface area contributed by atoms with Crippen molar-refractivity contribution in [2.75, 3.05) is 6.54 Å². The molecule has 0 bridgehead atoms. The van der Waals surface area contributed by atoms with Crippen molar-refractivity contribution in [2.24, 2.45) is 11.8 Å². The zero-order valence-corrected chi connectivity index (χ0v) is 10.4. The maximum absolute atomic E-state index is 11.3. The third kappa shape index (κ3) is 9.35. The minimum absolute atomic E-state index is 0.0292. The molecule has 0 spiro atoms. The molecule has 17 heavy (non-hydrogen) atoms. The molecule has 0 aliphatic carbocycles. The lowest BCUT2D eigenvalue weighted by Gasteiger charge is -2.10. The number of carbonyl (C=O) groups excluding carboxylic acids is 2. The minimum Gasteiger partial charge on any atom is -0.481 e. The Bertz CT molecular complexity index is 289. The molecule has 6 heteroatoms. The first-order valence-electron chi connectivity index (χ1n) is 5.60. The molecular weight excluding hydrogens is 224 g/mol.